The first-order valence-electron chi connectivity index (χ1n) is 6.24. The van der Waals surface area contributed by atoms with Gasteiger partial charge in [-0.15, -0.1) is 0 Å². The molecule has 2 rings (SSSR count). The molecule has 0 atom stereocenters. The number of rotatable bonds is 3. The highest BCUT2D eigenvalue weighted by atomic mass is 16.2. The number of aromatic nitrogens is 2. The third kappa shape index (κ3) is 2.69. The molecule has 1 aromatic heterocycles. The second-order valence-corrected chi connectivity index (χ2v) is 4.40. The molecule has 20 heavy (non-hydrogen) atoms. The van der Waals surface area contributed by atoms with Crippen LogP contribution in [0.25, 0.3) is 0 Å². The van der Waals surface area contributed by atoms with Crippen molar-refractivity contribution in [1.29, 1.82) is 0 Å². The van der Waals surface area contributed by atoms with E-state index in [1.807, 2.05) is 37.0 Å². The van der Waals surface area contributed by atoms with Crippen LogP contribution in [0.2, 0.25) is 0 Å². The molecule has 0 bridgehead atoms. The van der Waals surface area contributed by atoms with E-state index < -0.39 is 17.2 Å². The highest BCUT2D eigenvalue weighted by Gasteiger charge is 2.14. The van der Waals surface area contributed by atoms with Crippen LogP contribution in [0.3, 0.4) is 0 Å². The third-order valence-corrected chi connectivity index (χ3v) is 3.04. The van der Waals surface area contributed by atoms with Gasteiger partial charge in [0.25, 0.3) is 11.5 Å². The number of carbonyl (C=O) groups is 1. The molecule has 0 saturated heterocycles. The molecule has 0 aliphatic heterocycles. The van der Waals surface area contributed by atoms with Crippen molar-refractivity contribution >= 4 is 11.6 Å². The lowest BCUT2D eigenvalue weighted by molar-refractivity contribution is 0.102. The first-order chi connectivity index (χ1) is 9.52. The van der Waals surface area contributed by atoms with Gasteiger partial charge in [-0.2, -0.15) is 0 Å². The Bertz CT molecular complexity index is 759. The topological polar surface area (TPSA) is 94.8 Å². The number of anilines is 1. The van der Waals surface area contributed by atoms with E-state index in [2.05, 4.69) is 10.3 Å². The van der Waals surface area contributed by atoms with Gasteiger partial charge in [0, 0.05) is 11.9 Å². The van der Waals surface area contributed by atoms with E-state index in [-0.39, 0.29) is 5.56 Å². The number of para-hydroxylation sites is 1. The van der Waals surface area contributed by atoms with Crippen molar-refractivity contribution in [3.05, 3.63) is 61.9 Å². The SMILES string of the molecule is CCc1cccc(C)c1NC(=O)c1c[nH]c(=O)[nH]c1=O. The maximum Gasteiger partial charge on any atom is 0.325 e. The van der Waals surface area contributed by atoms with Gasteiger partial charge < -0.3 is 10.3 Å². The molecule has 1 heterocycles. The Balaban J connectivity index is 2.37. The summed E-state index contributed by atoms with van der Waals surface area (Å²) in [5.74, 6) is -0.550. The van der Waals surface area contributed by atoms with Crippen LogP contribution in [0.15, 0.2) is 34.0 Å². The van der Waals surface area contributed by atoms with Gasteiger partial charge in [0.15, 0.2) is 0 Å². The lowest BCUT2D eigenvalue weighted by atomic mass is 10.1. The van der Waals surface area contributed by atoms with Crippen LogP contribution in [-0.4, -0.2) is 15.9 Å². The van der Waals surface area contributed by atoms with Crippen molar-refractivity contribution in [3.8, 4) is 0 Å². The summed E-state index contributed by atoms with van der Waals surface area (Å²) in [4.78, 5) is 38.9. The number of hydrogen-bond donors (Lipinski definition) is 3. The summed E-state index contributed by atoms with van der Waals surface area (Å²) in [7, 11) is 0. The molecule has 0 aliphatic rings. The highest BCUT2D eigenvalue weighted by Crippen LogP contribution is 2.21. The Morgan fingerprint density at radius 3 is 2.70 bits per heavy atom. The maximum absolute atomic E-state index is 12.1. The van der Waals surface area contributed by atoms with Gasteiger partial charge in [0.05, 0.1) is 0 Å². The van der Waals surface area contributed by atoms with Crippen LogP contribution in [0.5, 0.6) is 0 Å². The largest absolute Gasteiger partial charge is 0.325 e. The highest BCUT2D eigenvalue weighted by molar-refractivity contribution is 6.04. The van der Waals surface area contributed by atoms with Crippen LogP contribution < -0.4 is 16.6 Å². The summed E-state index contributed by atoms with van der Waals surface area (Å²) >= 11 is 0. The molecule has 6 nitrogen and oxygen atoms in total. The average Bonchev–Trinajstić information content (AvgIpc) is 2.40. The van der Waals surface area contributed by atoms with Crippen molar-refractivity contribution in [2.75, 3.05) is 5.32 Å². The Morgan fingerprint density at radius 2 is 2.05 bits per heavy atom. The summed E-state index contributed by atoms with van der Waals surface area (Å²) in [5, 5.41) is 2.73. The van der Waals surface area contributed by atoms with Gasteiger partial charge in [-0.05, 0) is 24.5 Å². The van der Waals surface area contributed by atoms with E-state index in [1.165, 1.54) is 0 Å². The first-order valence-corrected chi connectivity index (χ1v) is 6.24. The Hall–Kier alpha value is -2.63. The number of aryl methyl sites for hydroxylation is 2. The minimum absolute atomic E-state index is 0.130. The van der Waals surface area contributed by atoms with Crippen molar-refractivity contribution in [3.63, 3.8) is 0 Å². The smallest absolute Gasteiger partial charge is 0.321 e. The van der Waals surface area contributed by atoms with Gasteiger partial charge in [0.1, 0.15) is 5.56 Å². The normalized spacial score (nSPS) is 10.3. The second kappa shape index (κ2) is 5.56. The number of aromatic amines is 2. The number of hydrogen-bond acceptors (Lipinski definition) is 3. The number of nitrogens with one attached hydrogen (secondary N) is 3. The van der Waals surface area contributed by atoms with Crippen molar-refractivity contribution in [2.45, 2.75) is 20.3 Å². The molecule has 104 valence electrons. The standard InChI is InChI=1S/C14H15N3O3/c1-3-9-6-4-5-8(2)11(9)16-12(18)10-7-15-14(20)17-13(10)19/h4-7H,3H2,1-2H3,(H,16,18)(H2,15,17,19,20). The summed E-state index contributed by atoms with van der Waals surface area (Å²) in [5.41, 5.74) is 1.12. The van der Waals surface area contributed by atoms with Crippen LogP contribution >= 0.6 is 0 Å². The Morgan fingerprint density at radius 1 is 1.30 bits per heavy atom. The Labute approximate surface area is 114 Å². The van der Waals surface area contributed by atoms with Crippen LogP contribution in [0.4, 0.5) is 5.69 Å². The minimum atomic E-state index is -0.710. The molecule has 1 amide bonds. The van der Waals surface area contributed by atoms with E-state index in [4.69, 9.17) is 0 Å². The zero-order valence-electron chi connectivity index (χ0n) is 11.2. The van der Waals surface area contributed by atoms with E-state index in [1.54, 1.807) is 0 Å². The molecule has 0 radical (unpaired) electrons. The molecule has 2 aromatic rings. The summed E-state index contributed by atoms with van der Waals surface area (Å²) in [6.45, 7) is 3.86. The molecule has 0 aliphatic carbocycles. The lowest BCUT2D eigenvalue weighted by Crippen LogP contribution is -2.30. The predicted octanol–water partition coefficient (Wildman–Crippen LogP) is 1.19. The maximum atomic E-state index is 12.1. The number of benzene rings is 1. The molecule has 6 heteroatoms. The lowest BCUT2D eigenvalue weighted by Gasteiger charge is -2.12. The Kier molecular flexibility index (Phi) is 3.84. The summed E-state index contributed by atoms with van der Waals surface area (Å²) < 4.78 is 0. The third-order valence-electron chi connectivity index (χ3n) is 3.04. The van der Waals surface area contributed by atoms with Gasteiger partial charge in [0.2, 0.25) is 0 Å². The van der Waals surface area contributed by atoms with Gasteiger partial charge >= 0.3 is 5.69 Å². The molecule has 1 aromatic carbocycles. The van der Waals surface area contributed by atoms with Crippen LogP contribution in [-0.2, 0) is 6.42 Å². The molecular weight excluding hydrogens is 258 g/mol. The number of carbonyl (C=O) groups excluding carboxylic acids is 1. The first kappa shape index (κ1) is 13.8. The fourth-order valence-corrected chi connectivity index (χ4v) is 1.96. The van der Waals surface area contributed by atoms with E-state index >= 15 is 0 Å². The quantitative estimate of drug-likeness (QED) is 0.783. The molecule has 0 spiro atoms. The molecule has 0 saturated carbocycles. The summed E-state index contributed by atoms with van der Waals surface area (Å²) in [6, 6.07) is 5.71. The second-order valence-electron chi connectivity index (χ2n) is 4.40. The predicted molar refractivity (Wildman–Crippen MR) is 76.2 cm³/mol. The molecule has 3 N–H and O–H groups in total. The number of H-pyrrole nitrogens is 2. The van der Waals surface area contributed by atoms with Gasteiger partial charge in [-0.25, -0.2) is 4.79 Å². The number of amides is 1. The monoisotopic (exact) mass is 273 g/mol. The minimum Gasteiger partial charge on any atom is -0.321 e. The molecule has 0 fully saturated rings. The van der Waals surface area contributed by atoms with Crippen LogP contribution in [0.1, 0.15) is 28.4 Å². The fourth-order valence-electron chi connectivity index (χ4n) is 1.96. The van der Waals surface area contributed by atoms with E-state index in [0.717, 1.165) is 23.7 Å². The van der Waals surface area contributed by atoms with E-state index in [0.29, 0.717) is 5.69 Å². The van der Waals surface area contributed by atoms with Gasteiger partial charge in [-0.1, -0.05) is 25.1 Å². The van der Waals surface area contributed by atoms with Crippen molar-refractivity contribution < 1.29 is 4.79 Å². The fraction of sp³-hybridized carbons (Fsp3) is 0.214. The van der Waals surface area contributed by atoms with Crippen molar-refractivity contribution in [2.24, 2.45) is 0 Å². The van der Waals surface area contributed by atoms with Crippen molar-refractivity contribution in [1.82, 2.24) is 9.97 Å². The average molecular weight is 273 g/mol. The molecular formula is C14H15N3O3. The zero-order chi connectivity index (χ0) is 14.7. The van der Waals surface area contributed by atoms with Crippen LogP contribution in [0, 0.1) is 6.92 Å². The zero-order valence-corrected chi connectivity index (χ0v) is 11.2. The van der Waals surface area contributed by atoms with E-state index in [9.17, 15) is 14.4 Å². The molecule has 0 unspecified atom stereocenters. The summed E-state index contributed by atoms with van der Waals surface area (Å²) in [6.07, 6.45) is 1.87. The van der Waals surface area contributed by atoms with Gasteiger partial charge in [-0.3, -0.25) is 14.6 Å².